The first-order chi connectivity index (χ1) is 26.8. The molecule has 288 valence electrons. The molecule has 3 aliphatic heterocycles. The molecule has 7 rings (SSSR count). The van der Waals surface area contributed by atoms with Crippen LogP contribution >= 0.6 is 11.6 Å². The van der Waals surface area contributed by atoms with Gasteiger partial charge in [-0.05, 0) is 110 Å². The van der Waals surface area contributed by atoms with Crippen LogP contribution < -0.4 is 14.2 Å². The summed E-state index contributed by atoms with van der Waals surface area (Å²) in [5.41, 5.74) is 7.67. The molecule has 4 aromatic rings. The molecule has 0 radical (unpaired) electrons. The molecule has 3 aliphatic rings. The van der Waals surface area contributed by atoms with Crippen molar-refractivity contribution in [3.63, 3.8) is 0 Å². The van der Waals surface area contributed by atoms with Crippen molar-refractivity contribution in [1.82, 2.24) is 9.80 Å². The highest BCUT2D eigenvalue weighted by Crippen LogP contribution is 2.38. The molecule has 0 saturated carbocycles. The van der Waals surface area contributed by atoms with Gasteiger partial charge in [0.1, 0.15) is 36.5 Å². The topological polar surface area (TPSA) is 104 Å². The van der Waals surface area contributed by atoms with Crippen molar-refractivity contribution in [2.75, 3.05) is 32.9 Å². The number of carboxylic acids is 1. The third-order valence-electron chi connectivity index (χ3n) is 11.5. The zero-order chi connectivity index (χ0) is 38.3. The second kappa shape index (κ2) is 17.9. The van der Waals surface area contributed by atoms with Gasteiger partial charge in [-0.25, -0.2) is 0 Å². The van der Waals surface area contributed by atoms with Gasteiger partial charge >= 0.3 is 5.97 Å². The van der Waals surface area contributed by atoms with Crippen molar-refractivity contribution in [2.24, 2.45) is 0 Å². The van der Waals surface area contributed by atoms with Gasteiger partial charge in [-0.15, -0.1) is 0 Å². The van der Waals surface area contributed by atoms with E-state index in [0.717, 1.165) is 83.7 Å². The molecule has 1 unspecified atom stereocenters. The van der Waals surface area contributed by atoms with E-state index >= 15 is 0 Å². The van der Waals surface area contributed by atoms with E-state index in [2.05, 4.69) is 61.2 Å². The predicted molar refractivity (Wildman–Crippen MR) is 213 cm³/mol. The maximum Gasteiger partial charge on any atom is 0.320 e. The molecule has 4 aromatic carbocycles. The van der Waals surface area contributed by atoms with E-state index in [4.69, 9.17) is 30.5 Å². The molecular formula is C45H50ClN3O6. The van der Waals surface area contributed by atoms with Crippen LogP contribution in [-0.2, 0) is 29.3 Å². The fourth-order valence-corrected chi connectivity index (χ4v) is 8.61. The summed E-state index contributed by atoms with van der Waals surface area (Å²) in [6.07, 6.45) is 5.87. The molecule has 0 aromatic heterocycles. The lowest BCUT2D eigenvalue weighted by molar-refractivity contribution is -0.144. The minimum atomic E-state index is -0.820. The molecule has 3 fully saturated rings. The van der Waals surface area contributed by atoms with E-state index in [0.29, 0.717) is 60.3 Å². The van der Waals surface area contributed by atoms with Crippen LogP contribution in [0.5, 0.6) is 17.2 Å². The molecular weight excluding hydrogens is 714 g/mol. The highest BCUT2D eigenvalue weighted by Gasteiger charge is 2.36. The monoisotopic (exact) mass is 763 g/mol. The fourth-order valence-electron chi connectivity index (χ4n) is 8.37. The van der Waals surface area contributed by atoms with Crippen LogP contribution in [0.4, 0.5) is 0 Å². The Morgan fingerprint density at radius 2 is 1.60 bits per heavy atom. The lowest BCUT2D eigenvalue weighted by atomic mass is 9.93. The Morgan fingerprint density at radius 1 is 0.855 bits per heavy atom. The van der Waals surface area contributed by atoms with Gasteiger partial charge in [-0.1, -0.05) is 60.5 Å². The molecule has 0 amide bonds. The fraction of sp³-hybridized carbons (Fsp3) is 0.422. The molecule has 3 heterocycles. The number of fused-ring (bicyclic) bond motifs is 2. The number of aliphatic carboxylic acids is 1. The first kappa shape index (κ1) is 38.7. The summed E-state index contributed by atoms with van der Waals surface area (Å²) in [5.74, 6) is 1.12. The van der Waals surface area contributed by atoms with Gasteiger partial charge in [0.05, 0.1) is 36.5 Å². The number of morpholine rings is 1. The molecule has 0 aliphatic carbocycles. The van der Waals surface area contributed by atoms with Gasteiger partial charge in [0.15, 0.2) is 0 Å². The largest absolute Gasteiger partial charge is 0.493 e. The number of carboxylic acid groups (broad SMARTS) is 1. The summed E-state index contributed by atoms with van der Waals surface area (Å²) in [7, 11) is 0. The Labute approximate surface area is 329 Å². The summed E-state index contributed by atoms with van der Waals surface area (Å²) in [4.78, 5) is 16.7. The lowest BCUT2D eigenvalue weighted by Gasteiger charge is -2.34. The number of rotatable bonds is 15. The van der Waals surface area contributed by atoms with Crippen molar-refractivity contribution < 1.29 is 28.8 Å². The number of piperidine rings is 1. The van der Waals surface area contributed by atoms with Gasteiger partial charge in [0, 0.05) is 36.8 Å². The summed E-state index contributed by atoms with van der Waals surface area (Å²) in [6.45, 7) is 9.22. The average Bonchev–Trinajstić information content (AvgIpc) is 3.40. The average molecular weight is 764 g/mol. The highest BCUT2D eigenvalue weighted by molar-refractivity contribution is 6.32. The van der Waals surface area contributed by atoms with Crippen molar-refractivity contribution in [3.05, 3.63) is 111 Å². The quantitative estimate of drug-likeness (QED) is 0.119. The number of carbonyl (C=O) groups is 1. The van der Waals surface area contributed by atoms with Crippen LogP contribution in [0.2, 0.25) is 5.02 Å². The number of benzene rings is 4. The maximum atomic E-state index is 12.1. The van der Waals surface area contributed by atoms with Crippen LogP contribution in [0.1, 0.15) is 71.9 Å². The summed E-state index contributed by atoms with van der Waals surface area (Å²) in [5, 5.41) is 19.7. The third-order valence-corrected chi connectivity index (χ3v) is 11.7. The molecule has 0 spiro atoms. The van der Waals surface area contributed by atoms with E-state index in [9.17, 15) is 15.2 Å². The Bertz CT molecular complexity index is 2010. The number of likely N-dealkylation sites (tertiary alicyclic amines) is 1. The molecule has 2 bridgehead atoms. The molecule has 10 heteroatoms. The van der Waals surface area contributed by atoms with E-state index in [-0.39, 0.29) is 13.2 Å². The van der Waals surface area contributed by atoms with Crippen molar-refractivity contribution >= 4 is 17.6 Å². The maximum absolute atomic E-state index is 12.1. The zero-order valence-corrected chi connectivity index (χ0v) is 32.5. The number of nitrogens with zero attached hydrogens (tertiary/aromatic N) is 3. The van der Waals surface area contributed by atoms with Gasteiger partial charge in [0.25, 0.3) is 0 Å². The Kier molecular flexibility index (Phi) is 12.6. The van der Waals surface area contributed by atoms with E-state index < -0.39 is 12.0 Å². The number of nitriles is 1. The summed E-state index contributed by atoms with van der Waals surface area (Å²) in [6, 6.07) is 26.2. The normalized spacial score (nSPS) is 19.9. The predicted octanol–water partition coefficient (Wildman–Crippen LogP) is 8.72. The Morgan fingerprint density at radius 3 is 2.38 bits per heavy atom. The SMILES string of the molecule is Cc1c(COc2cc(OCc3cccc(C#N)c3)c(CN3CCCCC3C(=O)O)cc2Cl)cccc1-c1cccc(OCCCN2[C@@H]3CC[C@H]2COC3)c1C. The van der Waals surface area contributed by atoms with Crippen molar-refractivity contribution in [2.45, 2.75) is 90.3 Å². The van der Waals surface area contributed by atoms with E-state index in [1.165, 1.54) is 12.8 Å². The van der Waals surface area contributed by atoms with E-state index in [1.807, 2.05) is 23.1 Å². The standard InChI is InChI=1S/C45H50ClN3O6/c1-30-34(11-6-12-38(30)39-13-7-15-42(31(39)2)53-20-8-19-49-36-16-17-37(49)29-52-28-36)27-55-44-23-43(54-26-33-10-5-9-32(21-33)24-47)35(22-40(44)46)25-48-18-4-3-14-41(48)45(50)51/h5-7,9-13,15,21-23,36-37,41H,3-4,8,14,16-20,25-29H2,1-2H3,(H,50,51)/t36-,37+,41?. The van der Waals surface area contributed by atoms with Crippen molar-refractivity contribution in [1.29, 1.82) is 5.26 Å². The molecule has 9 nitrogen and oxygen atoms in total. The van der Waals surface area contributed by atoms with Crippen LogP contribution in [0.15, 0.2) is 72.8 Å². The van der Waals surface area contributed by atoms with Gasteiger partial charge < -0.3 is 24.1 Å². The second-order valence-corrected chi connectivity index (χ2v) is 15.4. The number of hydrogen-bond acceptors (Lipinski definition) is 8. The minimum Gasteiger partial charge on any atom is -0.493 e. The Hall–Kier alpha value is -4.59. The van der Waals surface area contributed by atoms with Crippen LogP contribution in [0.25, 0.3) is 11.1 Å². The molecule has 55 heavy (non-hydrogen) atoms. The second-order valence-electron chi connectivity index (χ2n) is 15.0. The minimum absolute atomic E-state index is 0.226. The summed E-state index contributed by atoms with van der Waals surface area (Å²) >= 11 is 6.89. The first-order valence-electron chi connectivity index (χ1n) is 19.5. The Balaban J connectivity index is 1.06. The third kappa shape index (κ3) is 9.11. The number of halogens is 1. The lowest BCUT2D eigenvalue weighted by Crippen LogP contribution is -2.46. The smallest absolute Gasteiger partial charge is 0.320 e. The first-order valence-corrected chi connectivity index (χ1v) is 19.9. The van der Waals surface area contributed by atoms with Crippen LogP contribution in [-0.4, -0.2) is 71.9 Å². The number of ether oxygens (including phenoxy) is 4. The van der Waals surface area contributed by atoms with E-state index in [1.54, 1.807) is 18.2 Å². The van der Waals surface area contributed by atoms with Crippen LogP contribution in [0.3, 0.4) is 0 Å². The van der Waals surface area contributed by atoms with Crippen LogP contribution in [0, 0.1) is 25.2 Å². The van der Waals surface area contributed by atoms with Crippen molar-refractivity contribution in [3.8, 4) is 34.4 Å². The van der Waals surface area contributed by atoms with Gasteiger partial charge in [0.2, 0.25) is 0 Å². The molecule has 3 saturated heterocycles. The number of hydrogen-bond donors (Lipinski definition) is 1. The molecule has 1 N–H and O–H groups in total. The highest BCUT2D eigenvalue weighted by atomic mass is 35.5. The van der Waals surface area contributed by atoms with Gasteiger partial charge in [-0.2, -0.15) is 5.26 Å². The van der Waals surface area contributed by atoms with Gasteiger partial charge in [-0.3, -0.25) is 14.6 Å². The zero-order valence-electron chi connectivity index (χ0n) is 31.8. The summed E-state index contributed by atoms with van der Waals surface area (Å²) < 4.78 is 24.9. The molecule has 3 atom stereocenters.